The van der Waals surface area contributed by atoms with Crippen LogP contribution in [0.25, 0.3) is 0 Å². The monoisotopic (exact) mass is 363 g/mol. The Kier molecular flexibility index (Phi) is 6.43. The van der Waals surface area contributed by atoms with E-state index in [-0.39, 0.29) is 19.1 Å². The van der Waals surface area contributed by atoms with E-state index in [1.165, 1.54) is 0 Å². The van der Waals surface area contributed by atoms with Gasteiger partial charge in [-0.1, -0.05) is 58.4 Å². The first kappa shape index (κ1) is 16.5. The fraction of sp³-hybridized carbons (Fsp3) is 0.235. The lowest BCUT2D eigenvalue weighted by Crippen LogP contribution is -2.30. The molecule has 0 aliphatic heterocycles. The van der Waals surface area contributed by atoms with Gasteiger partial charge < -0.3 is 15.2 Å². The molecule has 1 unspecified atom stereocenters. The van der Waals surface area contributed by atoms with Crippen molar-refractivity contribution in [3.05, 3.63) is 70.2 Å². The second-order valence-corrected chi connectivity index (χ2v) is 5.79. The van der Waals surface area contributed by atoms with Crippen LogP contribution in [0, 0.1) is 0 Å². The highest BCUT2D eigenvalue weighted by Crippen LogP contribution is 2.19. The summed E-state index contributed by atoms with van der Waals surface area (Å²) >= 11 is 3.40. The standard InChI is InChI=1S/C17H18BrNO3/c18-16-8-4-7-14(9-16)15(11-20)10-19-17(21)22-12-13-5-2-1-3-6-13/h1-9,15,20H,10-12H2,(H,19,21). The van der Waals surface area contributed by atoms with E-state index in [1.54, 1.807) is 0 Å². The van der Waals surface area contributed by atoms with Crippen molar-refractivity contribution < 1.29 is 14.6 Å². The topological polar surface area (TPSA) is 58.6 Å². The predicted molar refractivity (Wildman–Crippen MR) is 88.6 cm³/mol. The van der Waals surface area contributed by atoms with Gasteiger partial charge in [-0.15, -0.1) is 0 Å². The third-order valence-corrected chi connectivity index (χ3v) is 3.74. The first-order valence-electron chi connectivity index (χ1n) is 7.00. The Morgan fingerprint density at radius 2 is 1.95 bits per heavy atom. The van der Waals surface area contributed by atoms with Crippen LogP contribution in [-0.2, 0) is 11.3 Å². The number of ether oxygens (including phenoxy) is 1. The van der Waals surface area contributed by atoms with Crippen molar-refractivity contribution in [2.45, 2.75) is 12.5 Å². The molecule has 0 heterocycles. The van der Waals surface area contributed by atoms with E-state index in [4.69, 9.17) is 4.74 Å². The molecule has 0 spiro atoms. The number of carbonyl (C=O) groups excluding carboxylic acids is 1. The fourth-order valence-corrected chi connectivity index (χ4v) is 2.45. The van der Waals surface area contributed by atoms with Crippen LogP contribution in [0.15, 0.2) is 59.1 Å². The van der Waals surface area contributed by atoms with Crippen molar-refractivity contribution in [1.82, 2.24) is 5.32 Å². The van der Waals surface area contributed by atoms with Gasteiger partial charge in [-0.05, 0) is 23.3 Å². The average molecular weight is 364 g/mol. The van der Waals surface area contributed by atoms with Crippen LogP contribution in [0.5, 0.6) is 0 Å². The highest BCUT2D eigenvalue weighted by molar-refractivity contribution is 9.10. The molecule has 2 aromatic rings. The van der Waals surface area contributed by atoms with Crippen molar-refractivity contribution in [2.75, 3.05) is 13.2 Å². The van der Waals surface area contributed by atoms with Gasteiger partial charge >= 0.3 is 6.09 Å². The first-order chi connectivity index (χ1) is 10.7. The lowest BCUT2D eigenvalue weighted by molar-refractivity contribution is 0.137. The summed E-state index contributed by atoms with van der Waals surface area (Å²) in [6, 6.07) is 17.1. The molecule has 0 fully saturated rings. The second kappa shape index (κ2) is 8.56. The summed E-state index contributed by atoms with van der Waals surface area (Å²) in [5.41, 5.74) is 1.89. The lowest BCUT2D eigenvalue weighted by Gasteiger charge is -2.16. The van der Waals surface area contributed by atoms with Gasteiger partial charge in [0.15, 0.2) is 0 Å². The number of benzene rings is 2. The SMILES string of the molecule is O=C(NCC(CO)c1cccc(Br)c1)OCc1ccccc1. The van der Waals surface area contributed by atoms with Crippen LogP contribution < -0.4 is 5.32 Å². The number of carbonyl (C=O) groups is 1. The second-order valence-electron chi connectivity index (χ2n) is 4.88. The Bertz CT molecular complexity index is 604. The first-order valence-corrected chi connectivity index (χ1v) is 7.79. The zero-order valence-corrected chi connectivity index (χ0v) is 13.6. The molecule has 0 radical (unpaired) electrons. The molecule has 2 rings (SSSR count). The molecule has 0 bridgehead atoms. The zero-order chi connectivity index (χ0) is 15.8. The van der Waals surface area contributed by atoms with Crippen molar-refractivity contribution in [3.63, 3.8) is 0 Å². The Hall–Kier alpha value is -1.85. The van der Waals surface area contributed by atoms with Crippen molar-refractivity contribution in [3.8, 4) is 0 Å². The third kappa shape index (κ3) is 5.16. The molecule has 0 saturated heterocycles. The number of amides is 1. The number of halogens is 1. The molecule has 4 nitrogen and oxygen atoms in total. The van der Waals surface area contributed by atoms with Gasteiger partial charge in [0.05, 0.1) is 6.61 Å². The van der Waals surface area contributed by atoms with Crippen LogP contribution in [0.1, 0.15) is 17.0 Å². The number of hydrogen-bond acceptors (Lipinski definition) is 3. The van der Waals surface area contributed by atoms with Crippen molar-refractivity contribution in [1.29, 1.82) is 0 Å². The van der Waals surface area contributed by atoms with Crippen LogP contribution in [0.4, 0.5) is 4.79 Å². The fourth-order valence-electron chi connectivity index (χ4n) is 2.03. The van der Waals surface area contributed by atoms with Crippen molar-refractivity contribution >= 4 is 22.0 Å². The van der Waals surface area contributed by atoms with E-state index in [0.717, 1.165) is 15.6 Å². The van der Waals surface area contributed by atoms with E-state index >= 15 is 0 Å². The quantitative estimate of drug-likeness (QED) is 0.826. The van der Waals surface area contributed by atoms with E-state index in [1.807, 2.05) is 54.6 Å². The summed E-state index contributed by atoms with van der Waals surface area (Å²) < 4.78 is 6.08. The molecule has 2 N–H and O–H groups in total. The van der Waals surface area contributed by atoms with Crippen LogP contribution in [0.3, 0.4) is 0 Å². The summed E-state index contributed by atoms with van der Waals surface area (Å²) in [7, 11) is 0. The Morgan fingerprint density at radius 1 is 1.18 bits per heavy atom. The van der Waals surface area contributed by atoms with Gasteiger partial charge in [0, 0.05) is 16.9 Å². The van der Waals surface area contributed by atoms with Gasteiger partial charge in [-0.3, -0.25) is 0 Å². The minimum absolute atomic E-state index is 0.0462. The summed E-state index contributed by atoms with van der Waals surface area (Å²) in [5.74, 6) is -0.165. The van der Waals surface area contributed by atoms with Gasteiger partial charge in [-0.2, -0.15) is 0 Å². The Morgan fingerprint density at radius 3 is 2.64 bits per heavy atom. The maximum absolute atomic E-state index is 11.7. The summed E-state index contributed by atoms with van der Waals surface area (Å²) in [4.78, 5) is 11.7. The van der Waals surface area contributed by atoms with E-state index in [9.17, 15) is 9.90 Å². The molecule has 2 aromatic carbocycles. The molecule has 0 aliphatic rings. The molecule has 116 valence electrons. The Labute approximate surface area is 138 Å². The zero-order valence-electron chi connectivity index (χ0n) is 12.0. The van der Waals surface area contributed by atoms with Gasteiger partial charge in [0.2, 0.25) is 0 Å². The van der Waals surface area contributed by atoms with E-state index in [0.29, 0.717) is 6.54 Å². The van der Waals surface area contributed by atoms with E-state index < -0.39 is 6.09 Å². The normalized spacial score (nSPS) is 11.7. The molecule has 1 atom stereocenters. The van der Waals surface area contributed by atoms with E-state index in [2.05, 4.69) is 21.2 Å². The van der Waals surface area contributed by atoms with Crippen LogP contribution in [0.2, 0.25) is 0 Å². The number of aliphatic hydroxyl groups excluding tert-OH is 1. The third-order valence-electron chi connectivity index (χ3n) is 3.25. The number of alkyl carbamates (subject to hydrolysis) is 1. The molecule has 0 saturated carbocycles. The Balaban J connectivity index is 1.81. The summed E-state index contributed by atoms with van der Waals surface area (Å²) in [6.07, 6.45) is -0.489. The minimum Gasteiger partial charge on any atom is -0.445 e. The van der Waals surface area contributed by atoms with Gasteiger partial charge in [0.25, 0.3) is 0 Å². The summed E-state index contributed by atoms with van der Waals surface area (Å²) in [6.45, 7) is 0.503. The smallest absolute Gasteiger partial charge is 0.407 e. The van der Waals surface area contributed by atoms with Gasteiger partial charge in [0.1, 0.15) is 6.61 Å². The molecular weight excluding hydrogens is 346 g/mol. The summed E-state index contributed by atoms with van der Waals surface area (Å²) in [5, 5.41) is 12.2. The number of aliphatic hydroxyl groups is 1. The number of hydrogen-bond donors (Lipinski definition) is 2. The highest BCUT2D eigenvalue weighted by Gasteiger charge is 2.13. The highest BCUT2D eigenvalue weighted by atomic mass is 79.9. The van der Waals surface area contributed by atoms with Crippen molar-refractivity contribution in [2.24, 2.45) is 0 Å². The molecular formula is C17H18BrNO3. The molecule has 0 aliphatic carbocycles. The van der Waals surface area contributed by atoms with Crippen LogP contribution >= 0.6 is 15.9 Å². The largest absolute Gasteiger partial charge is 0.445 e. The predicted octanol–water partition coefficient (Wildman–Crippen LogP) is 3.45. The molecule has 22 heavy (non-hydrogen) atoms. The van der Waals surface area contributed by atoms with Crippen LogP contribution in [-0.4, -0.2) is 24.4 Å². The average Bonchev–Trinajstić information content (AvgIpc) is 2.54. The maximum atomic E-state index is 11.7. The lowest BCUT2D eigenvalue weighted by atomic mass is 10.0. The molecule has 5 heteroatoms. The number of rotatable bonds is 6. The minimum atomic E-state index is -0.489. The molecule has 0 aromatic heterocycles. The molecule has 1 amide bonds. The van der Waals surface area contributed by atoms with Gasteiger partial charge in [-0.25, -0.2) is 4.79 Å². The number of nitrogens with one attached hydrogen (secondary N) is 1. The maximum Gasteiger partial charge on any atom is 0.407 e.